The Bertz CT molecular complexity index is 88.1. The van der Waals surface area contributed by atoms with Crippen molar-refractivity contribution in [1.82, 2.24) is 0 Å². The molecule has 0 saturated carbocycles. The summed E-state index contributed by atoms with van der Waals surface area (Å²) in [6, 6.07) is 0. The van der Waals surface area contributed by atoms with Crippen molar-refractivity contribution in [1.29, 1.82) is 5.41 Å². The highest BCUT2D eigenvalue weighted by Crippen LogP contribution is 2.08. The molecule has 0 radical (unpaired) electrons. The molecule has 46 valence electrons. The van der Waals surface area contributed by atoms with E-state index >= 15 is 0 Å². The van der Waals surface area contributed by atoms with Gasteiger partial charge in [-0.1, -0.05) is 11.8 Å². The van der Waals surface area contributed by atoms with Crippen LogP contribution in [0.5, 0.6) is 0 Å². The van der Waals surface area contributed by atoms with Gasteiger partial charge in [-0.3, -0.25) is 0 Å². The average Bonchev–Trinajstić information content (AvgIpc) is 1.65. The molecule has 0 heterocycles. The first kappa shape index (κ1) is 8.04. The topological polar surface area (TPSA) is 33.1 Å². The maximum absolute atomic E-state index is 7.01. The minimum atomic E-state index is 0.118. The van der Waals surface area contributed by atoms with Crippen molar-refractivity contribution in [2.24, 2.45) is 0 Å². The van der Waals surface area contributed by atoms with Crippen LogP contribution in [0.2, 0.25) is 0 Å². The largest absolute Gasteiger partial charge is 0.371 e. The third-order valence-corrected chi connectivity index (χ3v) is 1.55. The Balaban J connectivity index is 3.24. The van der Waals surface area contributed by atoms with E-state index in [1.165, 1.54) is 11.8 Å². The van der Waals surface area contributed by atoms with Gasteiger partial charge in [0.25, 0.3) is 0 Å². The van der Waals surface area contributed by atoms with Crippen LogP contribution < -0.4 is 0 Å². The molecule has 0 bridgehead atoms. The first-order chi connectivity index (χ1) is 3.66. The number of nitrogens with one attached hydrogen (secondary N) is 1. The fourth-order valence-electron chi connectivity index (χ4n) is 0.297. The maximum atomic E-state index is 7.01. The molecule has 0 aliphatic rings. The van der Waals surface area contributed by atoms with Crippen LogP contribution in [0.3, 0.4) is 0 Å². The molecule has 8 heavy (non-hydrogen) atoms. The number of thioether (sulfide) groups is 1. The lowest BCUT2D eigenvalue weighted by Gasteiger charge is -2.05. The van der Waals surface area contributed by atoms with Gasteiger partial charge in [0, 0.05) is 12.1 Å². The van der Waals surface area contributed by atoms with Crippen LogP contribution in [0.4, 0.5) is 0 Å². The zero-order valence-electron chi connectivity index (χ0n) is 5.39. The van der Waals surface area contributed by atoms with Crippen molar-refractivity contribution in [3.05, 3.63) is 0 Å². The summed E-state index contributed by atoms with van der Waals surface area (Å²) in [6.07, 6.45) is 0. The molecule has 1 unspecified atom stereocenters. The molecule has 0 aromatic carbocycles. The molecule has 4 heteroatoms. The van der Waals surface area contributed by atoms with Gasteiger partial charge in [-0.15, -0.1) is 0 Å². The van der Waals surface area contributed by atoms with Crippen molar-refractivity contribution >= 4 is 24.6 Å². The summed E-state index contributed by atoms with van der Waals surface area (Å²) in [5.41, 5.74) is 0.118. The highest BCUT2D eigenvalue weighted by molar-refractivity contribution is 8.16. The molecule has 0 spiro atoms. The van der Waals surface area contributed by atoms with Crippen LogP contribution in [-0.4, -0.2) is 25.3 Å². The van der Waals surface area contributed by atoms with E-state index in [1.807, 2.05) is 6.92 Å². The van der Waals surface area contributed by atoms with E-state index < -0.39 is 0 Å². The summed E-state index contributed by atoms with van der Waals surface area (Å²) in [4.78, 5) is 0.597. The van der Waals surface area contributed by atoms with Crippen molar-refractivity contribution in [2.45, 2.75) is 12.4 Å². The Morgan fingerprint density at radius 1 is 1.88 bits per heavy atom. The highest BCUT2D eigenvalue weighted by atomic mass is 32.2. The van der Waals surface area contributed by atoms with E-state index in [4.69, 9.17) is 10.1 Å². The van der Waals surface area contributed by atoms with Gasteiger partial charge in [-0.25, -0.2) is 0 Å². The third kappa shape index (κ3) is 4.21. The van der Waals surface area contributed by atoms with Gasteiger partial charge < -0.3 is 10.1 Å². The van der Waals surface area contributed by atoms with Crippen LogP contribution >= 0.6 is 11.8 Å². The molecule has 2 nitrogen and oxygen atoms in total. The second-order valence-electron chi connectivity index (χ2n) is 1.48. The lowest BCUT2D eigenvalue weighted by Crippen LogP contribution is -2.02. The number of methoxy groups -OCH3 is 1. The van der Waals surface area contributed by atoms with Gasteiger partial charge in [0.1, 0.15) is 5.44 Å². The molecular weight excluding hydrogens is 121 g/mol. The first-order valence-electron chi connectivity index (χ1n) is 2.41. The SMILES string of the molecule is BC(=N)SC(C)OC. The Morgan fingerprint density at radius 3 is 2.50 bits per heavy atom. The zero-order chi connectivity index (χ0) is 6.57. The molecule has 0 aliphatic carbocycles. The quantitative estimate of drug-likeness (QED) is 0.252. The zero-order valence-corrected chi connectivity index (χ0v) is 6.21. The van der Waals surface area contributed by atoms with Gasteiger partial charge >= 0.3 is 0 Å². The number of hydrogen-bond acceptors (Lipinski definition) is 3. The Hall–Kier alpha value is 0.0449. The van der Waals surface area contributed by atoms with Crippen molar-refractivity contribution in [3.63, 3.8) is 0 Å². The van der Waals surface area contributed by atoms with Gasteiger partial charge in [-0.2, -0.15) is 0 Å². The van der Waals surface area contributed by atoms with Gasteiger partial charge in [0.2, 0.25) is 0 Å². The van der Waals surface area contributed by atoms with Crippen molar-refractivity contribution in [2.75, 3.05) is 7.11 Å². The van der Waals surface area contributed by atoms with E-state index in [0.717, 1.165) is 0 Å². The second kappa shape index (κ2) is 3.98. The van der Waals surface area contributed by atoms with Crippen LogP contribution in [0.15, 0.2) is 0 Å². The molecule has 0 rings (SSSR count). The summed E-state index contributed by atoms with van der Waals surface area (Å²) in [5, 5.41) is 7.01. The molecule has 0 fully saturated rings. The second-order valence-corrected chi connectivity index (χ2v) is 2.99. The van der Waals surface area contributed by atoms with E-state index in [0.29, 0.717) is 4.94 Å². The lowest BCUT2D eigenvalue weighted by atomic mass is 10.2. The minimum Gasteiger partial charge on any atom is -0.371 e. The summed E-state index contributed by atoms with van der Waals surface area (Å²) < 4.78 is 4.88. The normalized spacial score (nSPS) is 13.2. The maximum Gasteiger partial charge on any atom is 0.171 e. The molecule has 0 amide bonds. The fraction of sp³-hybridized carbons (Fsp3) is 0.750. The minimum absolute atomic E-state index is 0.118. The predicted molar refractivity (Wildman–Crippen MR) is 40.3 cm³/mol. The smallest absolute Gasteiger partial charge is 0.171 e. The molecule has 1 atom stereocenters. The van der Waals surface area contributed by atoms with Gasteiger partial charge in [-0.05, 0) is 6.92 Å². The van der Waals surface area contributed by atoms with E-state index in [2.05, 4.69) is 0 Å². The summed E-state index contributed by atoms with van der Waals surface area (Å²) >= 11 is 1.42. The molecule has 0 saturated heterocycles. The Labute approximate surface area is 54.9 Å². The third-order valence-electron chi connectivity index (χ3n) is 0.675. The summed E-state index contributed by atoms with van der Waals surface area (Å²) in [6.45, 7) is 1.92. The monoisotopic (exact) mass is 131 g/mol. The summed E-state index contributed by atoms with van der Waals surface area (Å²) in [5.74, 6) is 0. The number of rotatable bonds is 2. The van der Waals surface area contributed by atoms with Crippen LogP contribution in [0.25, 0.3) is 0 Å². The molecule has 1 N–H and O–H groups in total. The lowest BCUT2D eigenvalue weighted by molar-refractivity contribution is 0.188. The number of hydrogen-bond donors (Lipinski definition) is 1. The number of ether oxygens (including phenoxy) is 1. The molecule has 0 aromatic rings. The highest BCUT2D eigenvalue weighted by Gasteiger charge is 1.98. The predicted octanol–water partition coefficient (Wildman–Crippen LogP) is 0.280. The summed E-state index contributed by atoms with van der Waals surface area (Å²) in [7, 11) is 3.39. The van der Waals surface area contributed by atoms with E-state index in [9.17, 15) is 0 Å². The first-order valence-corrected chi connectivity index (χ1v) is 3.29. The van der Waals surface area contributed by atoms with Crippen LogP contribution in [-0.2, 0) is 4.74 Å². The van der Waals surface area contributed by atoms with E-state index in [-0.39, 0.29) is 5.44 Å². The van der Waals surface area contributed by atoms with E-state index in [1.54, 1.807) is 15.0 Å². The van der Waals surface area contributed by atoms with Gasteiger partial charge in [0.15, 0.2) is 7.85 Å². The molecule has 0 aliphatic heterocycles. The Morgan fingerprint density at radius 2 is 2.38 bits per heavy atom. The van der Waals surface area contributed by atoms with Crippen molar-refractivity contribution < 1.29 is 4.74 Å². The van der Waals surface area contributed by atoms with Crippen LogP contribution in [0, 0.1) is 5.41 Å². The standard InChI is InChI=1S/C4H10BNOS/c1-3(7-2)8-4(5)6/h3,6H,5H2,1-2H3. The molecular formula is C4H10BNOS. The Kier molecular flexibility index (Phi) is 4.00. The average molecular weight is 131 g/mol. The van der Waals surface area contributed by atoms with Crippen molar-refractivity contribution in [3.8, 4) is 0 Å². The van der Waals surface area contributed by atoms with Crippen LogP contribution in [0.1, 0.15) is 6.92 Å². The molecule has 0 aromatic heterocycles. The fourth-order valence-corrected chi connectivity index (χ4v) is 0.891. The van der Waals surface area contributed by atoms with Gasteiger partial charge in [0.05, 0.1) is 0 Å².